The first kappa shape index (κ1) is 19.2. The lowest BCUT2D eigenvalue weighted by Crippen LogP contribution is -2.37. The van der Waals surface area contributed by atoms with Crippen LogP contribution in [0.25, 0.3) is 11.1 Å². The van der Waals surface area contributed by atoms with Crippen molar-refractivity contribution in [3.8, 4) is 11.1 Å². The van der Waals surface area contributed by atoms with Crippen LogP contribution in [0.1, 0.15) is 38.1 Å². The molecule has 2 aromatic carbocycles. The van der Waals surface area contributed by atoms with Crippen molar-refractivity contribution in [3.05, 3.63) is 59.7 Å². The summed E-state index contributed by atoms with van der Waals surface area (Å²) in [5, 5.41) is 4.29. The number of hydrogen-bond acceptors (Lipinski definition) is 4. The maximum Gasteiger partial charge on any atom is 0.446 e. The van der Waals surface area contributed by atoms with Crippen molar-refractivity contribution in [1.29, 1.82) is 0 Å². The SMILES string of the molecule is CC(C)(C)OC(=O)N1OC(=O)NC1c1cc(CBr)ccc1-c1ccccc1. The Morgan fingerprint density at radius 2 is 1.93 bits per heavy atom. The van der Waals surface area contributed by atoms with Gasteiger partial charge in [0.2, 0.25) is 0 Å². The molecule has 2 aromatic rings. The second-order valence-corrected chi connectivity index (χ2v) is 7.71. The van der Waals surface area contributed by atoms with E-state index in [1.807, 2.05) is 48.5 Å². The van der Waals surface area contributed by atoms with Gasteiger partial charge in [0.25, 0.3) is 0 Å². The van der Waals surface area contributed by atoms with Gasteiger partial charge in [-0.05, 0) is 37.5 Å². The number of benzene rings is 2. The van der Waals surface area contributed by atoms with Gasteiger partial charge in [0, 0.05) is 10.9 Å². The van der Waals surface area contributed by atoms with Gasteiger partial charge in [-0.2, -0.15) is 0 Å². The number of nitrogens with one attached hydrogen (secondary N) is 1. The molecule has 1 aliphatic rings. The van der Waals surface area contributed by atoms with Gasteiger partial charge in [-0.15, -0.1) is 5.06 Å². The molecule has 1 heterocycles. The predicted molar refractivity (Wildman–Crippen MR) is 105 cm³/mol. The standard InChI is InChI=1S/C20H21BrN2O4/c1-20(2,3)26-19(25)23-17(22-18(24)27-23)16-11-13(12-21)9-10-15(16)14-7-5-4-6-8-14/h4-11,17H,12H2,1-3H3,(H,22,24). The van der Waals surface area contributed by atoms with Crippen LogP contribution in [0.2, 0.25) is 0 Å². The van der Waals surface area contributed by atoms with E-state index in [-0.39, 0.29) is 0 Å². The summed E-state index contributed by atoms with van der Waals surface area (Å²) in [6, 6.07) is 15.7. The molecule has 2 amide bonds. The van der Waals surface area contributed by atoms with E-state index in [0.717, 1.165) is 27.3 Å². The van der Waals surface area contributed by atoms with E-state index in [1.165, 1.54) is 0 Å². The van der Waals surface area contributed by atoms with Crippen LogP contribution in [-0.2, 0) is 14.9 Å². The van der Waals surface area contributed by atoms with Gasteiger partial charge in [0.05, 0.1) is 0 Å². The van der Waals surface area contributed by atoms with E-state index in [4.69, 9.17) is 9.57 Å². The molecule has 0 aromatic heterocycles. The zero-order chi connectivity index (χ0) is 19.6. The van der Waals surface area contributed by atoms with Crippen LogP contribution >= 0.6 is 15.9 Å². The average Bonchev–Trinajstić information content (AvgIpc) is 3.02. The van der Waals surface area contributed by atoms with Gasteiger partial charge >= 0.3 is 12.2 Å². The van der Waals surface area contributed by atoms with E-state index >= 15 is 0 Å². The van der Waals surface area contributed by atoms with Crippen molar-refractivity contribution >= 4 is 28.1 Å². The van der Waals surface area contributed by atoms with Gasteiger partial charge in [-0.3, -0.25) is 5.32 Å². The van der Waals surface area contributed by atoms with Crippen LogP contribution in [-0.4, -0.2) is 22.9 Å². The van der Waals surface area contributed by atoms with Crippen molar-refractivity contribution in [2.45, 2.75) is 37.9 Å². The number of alkyl halides is 1. The first-order chi connectivity index (χ1) is 12.8. The molecule has 1 unspecified atom stereocenters. The Hall–Kier alpha value is -2.54. The summed E-state index contributed by atoms with van der Waals surface area (Å²) < 4.78 is 5.38. The number of ether oxygens (including phenoxy) is 1. The number of carbonyl (C=O) groups excluding carboxylic acids is 2. The lowest BCUT2D eigenvalue weighted by Gasteiger charge is -2.26. The van der Waals surface area contributed by atoms with Gasteiger partial charge in [-0.25, -0.2) is 9.59 Å². The van der Waals surface area contributed by atoms with Gasteiger partial charge < -0.3 is 9.57 Å². The number of hydroxylamine groups is 2. The first-order valence-electron chi connectivity index (χ1n) is 8.53. The van der Waals surface area contributed by atoms with Crippen molar-refractivity contribution < 1.29 is 19.2 Å². The van der Waals surface area contributed by atoms with E-state index in [0.29, 0.717) is 5.33 Å². The monoisotopic (exact) mass is 432 g/mol. The van der Waals surface area contributed by atoms with Crippen LogP contribution in [0.15, 0.2) is 48.5 Å². The van der Waals surface area contributed by atoms with Crippen LogP contribution in [0.3, 0.4) is 0 Å². The minimum absolute atomic E-state index is 0.642. The summed E-state index contributed by atoms with van der Waals surface area (Å²) in [7, 11) is 0. The third-order valence-electron chi connectivity index (χ3n) is 3.89. The second kappa shape index (κ2) is 7.60. The number of amides is 2. The number of hydrogen-bond donors (Lipinski definition) is 1. The van der Waals surface area contributed by atoms with Crippen molar-refractivity contribution in [2.24, 2.45) is 0 Å². The minimum Gasteiger partial charge on any atom is -0.442 e. The molecule has 1 atom stereocenters. The van der Waals surface area contributed by atoms with E-state index in [1.54, 1.807) is 20.8 Å². The molecule has 1 fully saturated rings. The summed E-state index contributed by atoms with van der Waals surface area (Å²) in [4.78, 5) is 29.6. The highest BCUT2D eigenvalue weighted by atomic mass is 79.9. The molecule has 0 saturated carbocycles. The highest BCUT2D eigenvalue weighted by Crippen LogP contribution is 2.34. The van der Waals surface area contributed by atoms with Crippen LogP contribution in [0.5, 0.6) is 0 Å². The molecule has 1 saturated heterocycles. The van der Waals surface area contributed by atoms with Crippen LogP contribution in [0, 0.1) is 0 Å². The fourth-order valence-electron chi connectivity index (χ4n) is 2.79. The summed E-state index contributed by atoms with van der Waals surface area (Å²) in [5.74, 6) is 0. The third-order valence-corrected chi connectivity index (χ3v) is 4.54. The van der Waals surface area contributed by atoms with Gasteiger partial charge in [0.1, 0.15) is 5.60 Å². The molecule has 0 aliphatic carbocycles. The minimum atomic E-state index is -0.790. The summed E-state index contributed by atoms with van der Waals surface area (Å²) in [5.41, 5.74) is 2.91. The van der Waals surface area contributed by atoms with Crippen LogP contribution in [0.4, 0.5) is 9.59 Å². The molecule has 1 aliphatic heterocycles. The molecule has 0 bridgehead atoms. The van der Waals surface area contributed by atoms with Crippen LogP contribution < -0.4 is 5.32 Å². The Kier molecular flexibility index (Phi) is 5.41. The lowest BCUT2D eigenvalue weighted by molar-refractivity contribution is -0.0945. The van der Waals surface area contributed by atoms with Gasteiger partial charge in [0.15, 0.2) is 6.17 Å². The molecular formula is C20H21BrN2O4. The molecule has 0 radical (unpaired) electrons. The highest BCUT2D eigenvalue weighted by molar-refractivity contribution is 9.08. The summed E-state index contributed by atoms with van der Waals surface area (Å²) >= 11 is 3.45. The molecular weight excluding hydrogens is 412 g/mol. The molecule has 3 rings (SSSR count). The first-order valence-corrected chi connectivity index (χ1v) is 9.65. The fraction of sp³-hybridized carbons (Fsp3) is 0.300. The predicted octanol–water partition coefficient (Wildman–Crippen LogP) is 5.14. The summed E-state index contributed by atoms with van der Waals surface area (Å²) in [6.45, 7) is 5.27. The van der Waals surface area contributed by atoms with E-state index < -0.39 is 24.0 Å². The normalized spacial score (nSPS) is 16.7. The average molecular weight is 433 g/mol. The maximum absolute atomic E-state index is 12.6. The Morgan fingerprint density at radius 3 is 2.56 bits per heavy atom. The lowest BCUT2D eigenvalue weighted by atomic mass is 9.96. The second-order valence-electron chi connectivity index (χ2n) is 7.15. The fourth-order valence-corrected chi connectivity index (χ4v) is 3.14. The Morgan fingerprint density at radius 1 is 1.22 bits per heavy atom. The molecule has 6 nitrogen and oxygen atoms in total. The maximum atomic E-state index is 12.6. The van der Waals surface area contributed by atoms with E-state index in [2.05, 4.69) is 21.2 Å². The smallest absolute Gasteiger partial charge is 0.442 e. The number of halogens is 1. The summed E-state index contributed by atoms with van der Waals surface area (Å²) in [6.07, 6.45) is -2.22. The topological polar surface area (TPSA) is 67.9 Å². The Balaban J connectivity index is 2.04. The Bertz CT molecular complexity index is 849. The zero-order valence-corrected chi connectivity index (χ0v) is 16.9. The van der Waals surface area contributed by atoms with E-state index in [9.17, 15) is 9.59 Å². The third kappa shape index (κ3) is 4.42. The Labute approximate surface area is 166 Å². The number of nitrogens with zero attached hydrogens (tertiary/aromatic N) is 1. The number of carbonyl (C=O) groups is 2. The quantitative estimate of drug-likeness (QED) is 0.681. The number of rotatable bonds is 3. The van der Waals surface area contributed by atoms with Crippen molar-refractivity contribution in [1.82, 2.24) is 10.4 Å². The highest BCUT2D eigenvalue weighted by Gasteiger charge is 2.41. The molecule has 1 N–H and O–H groups in total. The molecule has 0 spiro atoms. The van der Waals surface area contributed by atoms with Crippen molar-refractivity contribution in [3.63, 3.8) is 0 Å². The zero-order valence-electron chi connectivity index (χ0n) is 15.4. The van der Waals surface area contributed by atoms with Crippen molar-refractivity contribution in [2.75, 3.05) is 0 Å². The molecule has 142 valence electrons. The molecule has 7 heteroatoms. The molecule has 27 heavy (non-hydrogen) atoms. The largest absolute Gasteiger partial charge is 0.446 e. The van der Waals surface area contributed by atoms with Gasteiger partial charge in [-0.1, -0.05) is 64.5 Å².